The quantitative estimate of drug-likeness (QED) is 0.219. The minimum absolute atomic E-state index is 0. The molecule has 8 heteroatoms. The lowest BCUT2D eigenvalue weighted by molar-refractivity contribution is 0.322. The van der Waals surface area contributed by atoms with E-state index >= 15 is 0 Å². The van der Waals surface area contributed by atoms with E-state index in [-0.39, 0.29) is 24.0 Å². The molecule has 0 unspecified atom stereocenters. The van der Waals surface area contributed by atoms with Crippen LogP contribution in [0.15, 0.2) is 72.0 Å². The van der Waals surface area contributed by atoms with Crippen molar-refractivity contribution in [3.05, 3.63) is 72.8 Å². The van der Waals surface area contributed by atoms with Gasteiger partial charge in [-0.2, -0.15) is 0 Å². The number of hydrogen-bond donors (Lipinski definition) is 2. The molecule has 0 saturated carbocycles. The van der Waals surface area contributed by atoms with Crippen LogP contribution in [-0.2, 0) is 6.54 Å². The van der Waals surface area contributed by atoms with E-state index in [1.807, 2.05) is 72.2 Å². The standard InChI is InChI=1S/C20H24N6O.HI/c1-2-21-20(22-13-14-27-18-11-7-4-8-12-18)23-15-19-25-24-16-26(19)17-9-5-3-6-10-17;/h3-12,16H,2,13-15H2,1H3,(H2,21,22,23);1H. The van der Waals surface area contributed by atoms with Crippen molar-refractivity contribution in [2.75, 3.05) is 19.7 Å². The smallest absolute Gasteiger partial charge is 0.191 e. The van der Waals surface area contributed by atoms with Crippen molar-refractivity contribution in [2.24, 2.45) is 4.99 Å². The summed E-state index contributed by atoms with van der Waals surface area (Å²) in [6, 6.07) is 19.7. The third-order valence-corrected chi connectivity index (χ3v) is 3.78. The molecule has 1 heterocycles. The van der Waals surface area contributed by atoms with Crippen molar-refractivity contribution in [2.45, 2.75) is 13.5 Å². The van der Waals surface area contributed by atoms with Gasteiger partial charge in [0.25, 0.3) is 0 Å². The van der Waals surface area contributed by atoms with Gasteiger partial charge >= 0.3 is 0 Å². The molecule has 3 aromatic rings. The van der Waals surface area contributed by atoms with Crippen LogP contribution in [0.5, 0.6) is 5.75 Å². The predicted octanol–water partition coefficient (Wildman–Crippen LogP) is 3.02. The number of halogens is 1. The number of rotatable bonds is 8. The van der Waals surface area contributed by atoms with E-state index in [2.05, 4.69) is 25.8 Å². The van der Waals surface area contributed by atoms with Crippen molar-refractivity contribution >= 4 is 29.9 Å². The maximum absolute atomic E-state index is 5.69. The van der Waals surface area contributed by atoms with E-state index in [1.165, 1.54) is 0 Å². The Kier molecular flexibility index (Phi) is 9.26. The average molecular weight is 492 g/mol. The minimum Gasteiger partial charge on any atom is -0.492 e. The molecule has 0 fully saturated rings. The first-order valence-corrected chi connectivity index (χ1v) is 9.01. The number of benzene rings is 2. The molecule has 0 aliphatic heterocycles. The Morgan fingerprint density at radius 1 is 1.04 bits per heavy atom. The van der Waals surface area contributed by atoms with Crippen LogP contribution in [0.2, 0.25) is 0 Å². The molecule has 0 radical (unpaired) electrons. The van der Waals surface area contributed by atoms with Crippen molar-refractivity contribution in [3.8, 4) is 11.4 Å². The Bertz CT molecular complexity index is 838. The molecule has 2 N–H and O–H groups in total. The fraction of sp³-hybridized carbons (Fsp3) is 0.250. The highest BCUT2D eigenvalue weighted by atomic mass is 127. The fourth-order valence-electron chi connectivity index (χ4n) is 2.52. The number of aliphatic imine (C=N–C) groups is 1. The number of para-hydroxylation sites is 2. The maximum Gasteiger partial charge on any atom is 0.191 e. The lowest BCUT2D eigenvalue weighted by Gasteiger charge is -2.12. The van der Waals surface area contributed by atoms with E-state index in [0.29, 0.717) is 19.7 Å². The first-order chi connectivity index (χ1) is 13.4. The summed E-state index contributed by atoms with van der Waals surface area (Å²) in [5.41, 5.74) is 1.02. The lowest BCUT2D eigenvalue weighted by atomic mass is 10.3. The van der Waals surface area contributed by atoms with Crippen LogP contribution < -0.4 is 15.4 Å². The molecule has 28 heavy (non-hydrogen) atoms. The summed E-state index contributed by atoms with van der Waals surface area (Å²) in [4.78, 5) is 4.60. The summed E-state index contributed by atoms with van der Waals surface area (Å²) < 4.78 is 7.63. The van der Waals surface area contributed by atoms with Crippen LogP contribution >= 0.6 is 24.0 Å². The van der Waals surface area contributed by atoms with Crippen LogP contribution in [0.25, 0.3) is 5.69 Å². The second-order valence-corrected chi connectivity index (χ2v) is 5.74. The Labute approximate surface area is 182 Å². The molecule has 0 atom stereocenters. The summed E-state index contributed by atoms with van der Waals surface area (Å²) in [6.07, 6.45) is 1.70. The van der Waals surface area contributed by atoms with Crippen molar-refractivity contribution in [1.29, 1.82) is 0 Å². The molecule has 1 aromatic heterocycles. The first-order valence-electron chi connectivity index (χ1n) is 9.01. The molecule has 0 amide bonds. The van der Waals surface area contributed by atoms with Crippen LogP contribution in [0.1, 0.15) is 12.7 Å². The van der Waals surface area contributed by atoms with Gasteiger partial charge in [-0.3, -0.25) is 4.57 Å². The van der Waals surface area contributed by atoms with Gasteiger partial charge in [-0.1, -0.05) is 36.4 Å². The zero-order chi connectivity index (χ0) is 18.7. The first kappa shape index (κ1) is 21.7. The summed E-state index contributed by atoms with van der Waals surface area (Å²) in [6.45, 7) is 4.42. The van der Waals surface area contributed by atoms with Gasteiger partial charge in [0.05, 0.1) is 6.54 Å². The van der Waals surface area contributed by atoms with Gasteiger partial charge in [0.1, 0.15) is 25.2 Å². The summed E-state index contributed by atoms with van der Waals surface area (Å²) in [5.74, 6) is 2.35. The Balaban J connectivity index is 0.00000280. The summed E-state index contributed by atoms with van der Waals surface area (Å²) in [7, 11) is 0. The average Bonchev–Trinajstić information content (AvgIpc) is 3.19. The third-order valence-electron chi connectivity index (χ3n) is 3.78. The van der Waals surface area contributed by atoms with Gasteiger partial charge in [0.15, 0.2) is 11.8 Å². The molecular weight excluding hydrogens is 467 g/mol. The van der Waals surface area contributed by atoms with Gasteiger partial charge in [0.2, 0.25) is 0 Å². The van der Waals surface area contributed by atoms with Gasteiger partial charge < -0.3 is 15.4 Å². The van der Waals surface area contributed by atoms with E-state index in [9.17, 15) is 0 Å². The SMILES string of the molecule is CCNC(=NCc1nncn1-c1ccccc1)NCCOc1ccccc1.I. The summed E-state index contributed by atoms with van der Waals surface area (Å²) >= 11 is 0. The zero-order valence-electron chi connectivity index (χ0n) is 15.8. The Hall–Kier alpha value is -2.62. The summed E-state index contributed by atoms with van der Waals surface area (Å²) in [5, 5.41) is 14.7. The molecule has 7 nitrogen and oxygen atoms in total. The zero-order valence-corrected chi connectivity index (χ0v) is 18.1. The largest absolute Gasteiger partial charge is 0.492 e. The van der Waals surface area contributed by atoms with Gasteiger partial charge in [-0.25, -0.2) is 4.99 Å². The van der Waals surface area contributed by atoms with Crippen LogP contribution in [0.3, 0.4) is 0 Å². The Morgan fingerprint density at radius 3 is 2.46 bits per heavy atom. The highest BCUT2D eigenvalue weighted by Crippen LogP contribution is 2.09. The van der Waals surface area contributed by atoms with Crippen molar-refractivity contribution < 1.29 is 4.74 Å². The van der Waals surface area contributed by atoms with Crippen LogP contribution in [0.4, 0.5) is 0 Å². The van der Waals surface area contributed by atoms with Gasteiger partial charge in [-0.15, -0.1) is 34.2 Å². The molecule has 0 aliphatic carbocycles. The van der Waals surface area contributed by atoms with E-state index in [0.717, 1.165) is 29.8 Å². The molecule has 148 valence electrons. The van der Waals surface area contributed by atoms with E-state index in [4.69, 9.17) is 4.74 Å². The Morgan fingerprint density at radius 2 is 1.75 bits per heavy atom. The highest BCUT2D eigenvalue weighted by Gasteiger charge is 2.06. The number of hydrogen-bond acceptors (Lipinski definition) is 4. The monoisotopic (exact) mass is 492 g/mol. The molecule has 3 rings (SSSR count). The third kappa shape index (κ3) is 6.52. The topological polar surface area (TPSA) is 76.4 Å². The predicted molar refractivity (Wildman–Crippen MR) is 122 cm³/mol. The van der Waals surface area contributed by atoms with Gasteiger partial charge in [-0.05, 0) is 31.2 Å². The van der Waals surface area contributed by atoms with E-state index in [1.54, 1.807) is 6.33 Å². The van der Waals surface area contributed by atoms with Crippen molar-refractivity contribution in [1.82, 2.24) is 25.4 Å². The molecule has 0 spiro atoms. The van der Waals surface area contributed by atoms with Crippen molar-refractivity contribution in [3.63, 3.8) is 0 Å². The molecule has 2 aromatic carbocycles. The van der Waals surface area contributed by atoms with Crippen LogP contribution in [0, 0.1) is 0 Å². The molecule has 0 bridgehead atoms. The molecular formula is C20H25IN6O. The number of guanidine groups is 1. The number of aromatic nitrogens is 3. The second-order valence-electron chi connectivity index (χ2n) is 5.74. The number of nitrogens with one attached hydrogen (secondary N) is 2. The van der Waals surface area contributed by atoms with Crippen LogP contribution in [-0.4, -0.2) is 40.4 Å². The minimum atomic E-state index is 0. The molecule has 0 saturated heterocycles. The number of ether oxygens (including phenoxy) is 1. The number of nitrogens with zero attached hydrogens (tertiary/aromatic N) is 4. The fourth-order valence-corrected chi connectivity index (χ4v) is 2.52. The lowest BCUT2D eigenvalue weighted by Crippen LogP contribution is -2.39. The highest BCUT2D eigenvalue weighted by molar-refractivity contribution is 14.0. The molecule has 0 aliphatic rings. The van der Waals surface area contributed by atoms with Gasteiger partial charge in [0, 0.05) is 12.2 Å². The van der Waals surface area contributed by atoms with E-state index < -0.39 is 0 Å². The second kappa shape index (κ2) is 12.0. The normalized spacial score (nSPS) is 10.8. The maximum atomic E-state index is 5.69.